The van der Waals surface area contributed by atoms with Gasteiger partial charge >= 0.3 is 0 Å². The average Bonchev–Trinajstić information content (AvgIpc) is 3.02. The van der Waals surface area contributed by atoms with Crippen molar-refractivity contribution >= 4 is 17.5 Å². The highest BCUT2D eigenvalue weighted by Gasteiger charge is 2.30. The number of carbonyl (C=O) groups is 2. The summed E-state index contributed by atoms with van der Waals surface area (Å²) in [5.41, 5.74) is 2.40. The number of hydrogen-bond acceptors (Lipinski definition) is 6. The summed E-state index contributed by atoms with van der Waals surface area (Å²) in [7, 11) is 0. The third-order valence-electron chi connectivity index (χ3n) is 3.75. The van der Waals surface area contributed by atoms with Gasteiger partial charge in [-0.3, -0.25) is 14.5 Å². The number of rotatable bonds is 5. The number of aromatic nitrogens is 1. The Morgan fingerprint density at radius 3 is 2.75 bits per heavy atom. The second-order valence-electron chi connectivity index (χ2n) is 5.44. The van der Waals surface area contributed by atoms with E-state index in [9.17, 15) is 9.59 Å². The second kappa shape index (κ2) is 6.29. The highest BCUT2D eigenvalue weighted by Crippen LogP contribution is 2.25. The molecule has 2 amide bonds. The summed E-state index contributed by atoms with van der Waals surface area (Å²) in [6.07, 6.45) is 1.23. The summed E-state index contributed by atoms with van der Waals surface area (Å²) in [6, 6.07) is 7.22. The number of aryl methyl sites for hydroxylation is 2. The fraction of sp³-hybridized carbons (Fsp3) is 0.235. The number of hydrogen-bond donors (Lipinski definition) is 2. The SMILES string of the molecule is Cc1nc(-c2cccc(NC3=CC(=O)N(CCO)C3=O)c2)oc1C. The third kappa shape index (κ3) is 2.93. The van der Waals surface area contributed by atoms with Crippen LogP contribution in [0.5, 0.6) is 0 Å². The van der Waals surface area contributed by atoms with E-state index in [0.29, 0.717) is 11.6 Å². The van der Waals surface area contributed by atoms with Gasteiger partial charge in [0, 0.05) is 17.3 Å². The highest BCUT2D eigenvalue weighted by atomic mass is 16.4. The number of oxazole rings is 1. The van der Waals surface area contributed by atoms with Crippen molar-refractivity contribution in [2.75, 3.05) is 18.5 Å². The van der Waals surface area contributed by atoms with Gasteiger partial charge in [0.1, 0.15) is 11.5 Å². The van der Waals surface area contributed by atoms with Crippen LogP contribution in [0, 0.1) is 13.8 Å². The van der Waals surface area contributed by atoms with E-state index in [4.69, 9.17) is 9.52 Å². The van der Waals surface area contributed by atoms with Crippen LogP contribution in [0.4, 0.5) is 5.69 Å². The number of aliphatic hydroxyl groups excluding tert-OH is 1. The molecule has 7 heteroatoms. The predicted molar refractivity (Wildman–Crippen MR) is 86.9 cm³/mol. The first-order chi connectivity index (χ1) is 11.5. The predicted octanol–water partition coefficient (Wildman–Crippen LogP) is 1.62. The van der Waals surface area contributed by atoms with Crippen LogP contribution in [-0.2, 0) is 9.59 Å². The quantitative estimate of drug-likeness (QED) is 0.810. The zero-order valence-electron chi connectivity index (χ0n) is 13.4. The van der Waals surface area contributed by atoms with E-state index in [-0.39, 0.29) is 18.8 Å². The summed E-state index contributed by atoms with van der Waals surface area (Å²) in [5, 5.41) is 11.9. The van der Waals surface area contributed by atoms with Gasteiger partial charge in [-0.05, 0) is 32.0 Å². The van der Waals surface area contributed by atoms with Crippen LogP contribution in [0.3, 0.4) is 0 Å². The molecule has 1 aromatic heterocycles. The second-order valence-corrected chi connectivity index (χ2v) is 5.44. The number of benzene rings is 1. The third-order valence-corrected chi connectivity index (χ3v) is 3.75. The maximum absolute atomic E-state index is 12.1. The van der Waals surface area contributed by atoms with Gasteiger partial charge in [0.25, 0.3) is 11.8 Å². The number of carbonyl (C=O) groups excluding carboxylic acids is 2. The first-order valence-electron chi connectivity index (χ1n) is 7.49. The van der Waals surface area contributed by atoms with Gasteiger partial charge in [-0.15, -0.1) is 0 Å². The molecule has 0 spiro atoms. The molecule has 1 aromatic carbocycles. The number of nitrogens with one attached hydrogen (secondary N) is 1. The summed E-state index contributed by atoms with van der Waals surface area (Å²) in [5.74, 6) is 0.356. The number of anilines is 1. The lowest BCUT2D eigenvalue weighted by atomic mass is 10.2. The van der Waals surface area contributed by atoms with Crippen LogP contribution in [0.2, 0.25) is 0 Å². The molecule has 1 aliphatic rings. The maximum Gasteiger partial charge on any atom is 0.277 e. The highest BCUT2D eigenvalue weighted by molar-refractivity contribution is 6.17. The minimum Gasteiger partial charge on any atom is -0.441 e. The monoisotopic (exact) mass is 327 g/mol. The fourth-order valence-corrected chi connectivity index (χ4v) is 2.39. The standard InChI is InChI=1S/C17H17N3O4/c1-10-11(2)24-16(18-10)12-4-3-5-13(8-12)19-14-9-15(22)20(6-7-21)17(14)23/h3-5,8-9,19,21H,6-7H2,1-2H3. The van der Waals surface area contributed by atoms with Crippen LogP contribution in [0.15, 0.2) is 40.5 Å². The molecule has 0 atom stereocenters. The zero-order chi connectivity index (χ0) is 17.3. The van der Waals surface area contributed by atoms with Gasteiger partial charge in [0.2, 0.25) is 5.89 Å². The van der Waals surface area contributed by atoms with Crippen molar-refractivity contribution in [2.45, 2.75) is 13.8 Å². The Kier molecular flexibility index (Phi) is 4.18. The number of nitrogens with zero attached hydrogens (tertiary/aromatic N) is 2. The molecule has 0 unspecified atom stereocenters. The number of amides is 2. The van der Waals surface area contributed by atoms with E-state index in [2.05, 4.69) is 10.3 Å². The van der Waals surface area contributed by atoms with E-state index in [1.165, 1.54) is 6.08 Å². The van der Waals surface area contributed by atoms with Gasteiger partial charge in [-0.25, -0.2) is 4.98 Å². The average molecular weight is 327 g/mol. The van der Waals surface area contributed by atoms with E-state index >= 15 is 0 Å². The van der Waals surface area contributed by atoms with Crippen LogP contribution in [0.1, 0.15) is 11.5 Å². The Bertz CT molecular complexity index is 819. The van der Waals surface area contributed by atoms with Crippen molar-refractivity contribution in [1.82, 2.24) is 9.88 Å². The Labute approximate surface area is 138 Å². The zero-order valence-corrected chi connectivity index (χ0v) is 13.4. The normalized spacial score (nSPS) is 14.3. The first kappa shape index (κ1) is 15.9. The summed E-state index contributed by atoms with van der Waals surface area (Å²) < 4.78 is 5.60. The molecular formula is C17H17N3O4. The van der Waals surface area contributed by atoms with Crippen LogP contribution < -0.4 is 5.32 Å². The molecule has 0 saturated carbocycles. The molecular weight excluding hydrogens is 310 g/mol. The number of β-amino-alcohol motifs (C(OH)–C–C–N with tert-alkyl or cyclic N) is 1. The lowest BCUT2D eigenvalue weighted by Gasteiger charge is -2.13. The van der Waals surface area contributed by atoms with Crippen molar-refractivity contribution in [3.63, 3.8) is 0 Å². The fourth-order valence-electron chi connectivity index (χ4n) is 2.39. The lowest BCUT2D eigenvalue weighted by Crippen LogP contribution is -2.34. The molecule has 1 aliphatic heterocycles. The Hall–Kier alpha value is -2.93. The summed E-state index contributed by atoms with van der Waals surface area (Å²) in [6.45, 7) is 3.43. The van der Waals surface area contributed by atoms with Crippen LogP contribution in [-0.4, -0.2) is 40.0 Å². The Morgan fingerprint density at radius 1 is 1.29 bits per heavy atom. The molecule has 24 heavy (non-hydrogen) atoms. The molecule has 3 rings (SSSR count). The van der Waals surface area contributed by atoms with Gasteiger partial charge in [-0.2, -0.15) is 0 Å². The summed E-state index contributed by atoms with van der Waals surface area (Å²) in [4.78, 5) is 29.2. The van der Waals surface area contributed by atoms with Gasteiger partial charge in [-0.1, -0.05) is 6.07 Å². The molecule has 7 nitrogen and oxygen atoms in total. The Morgan fingerprint density at radius 2 is 2.08 bits per heavy atom. The minimum atomic E-state index is -0.456. The molecule has 0 aliphatic carbocycles. The molecule has 2 aromatic rings. The minimum absolute atomic E-state index is 0.0196. The number of aliphatic hydroxyl groups is 1. The van der Waals surface area contributed by atoms with Crippen LogP contribution in [0.25, 0.3) is 11.5 Å². The molecule has 0 radical (unpaired) electrons. The van der Waals surface area contributed by atoms with E-state index < -0.39 is 11.8 Å². The van der Waals surface area contributed by atoms with Gasteiger partial charge < -0.3 is 14.8 Å². The molecule has 2 N–H and O–H groups in total. The smallest absolute Gasteiger partial charge is 0.277 e. The van der Waals surface area contributed by atoms with Crippen molar-refractivity contribution < 1.29 is 19.1 Å². The maximum atomic E-state index is 12.1. The lowest BCUT2D eigenvalue weighted by molar-refractivity contribution is -0.137. The van der Waals surface area contributed by atoms with Gasteiger partial charge in [0.05, 0.1) is 18.8 Å². The Balaban J connectivity index is 1.82. The van der Waals surface area contributed by atoms with Crippen LogP contribution >= 0.6 is 0 Å². The molecule has 0 saturated heterocycles. The molecule has 0 bridgehead atoms. The van der Waals surface area contributed by atoms with Gasteiger partial charge in [0.15, 0.2) is 0 Å². The van der Waals surface area contributed by atoms with E-state index in [1.807, 2.05) is 19.9 Å². The molecule has 124 valence electrons. The van der Waals surface area contributed by atoms with Crippen molar-refractivity contribution in [1.29, 1.82) is 0 Å². The van der Waals surface area contributed by atoms with Crippen molar-refractivity contribution in [3.8, 4) is 11.5 Å². The molecule has 0 fully saturated rings. The van der Waals surface area contributed by atoms with Crippen molar-refractivity contribution in [2.24, 2.45) is 0 Å². The largest absolute Gasteiger partial charge is 0.441 e. The van der Waals surface area contributed by atoms with E-state index in [0.717, 1.165) is 21.9 Å². The number of imide groups is 1. The van der Waals surface area contributed by atoms with E-state index in [1.54, 1.807) is 18.2 Å². The first-order valence-corrected chi connectivity index (χ1v) is 7.49. The van der Waals surface area contributed by atoms with Crippen molar-refractivity contribution in [3.05, 3.63) is 47.5 Å². The summed E-state index contributed by atoms with van der Waals surface area (Å²) >= 11 is 0. The topological polar surface area (TPSA) is 95.7 Å². The molecule has 2 heterocycles.